The molecule has 0 unspecified atom stereocenters. The number of hydrogen-bond acceptors (Lipinski definition) is 4. The highest BCUT2D eigenvalue weighted by atomic mass is 32.2. The lowest BCUT2D eigenvalue weighted by Gasteiger charge is -2.05. The molecule has 0 bridgehead atoms. The zero-order valence-corrected chi connectivity index (χ0v) is 9.03. The number of aromatic nitrogens is 2. The molecule has 1 aromatic heterocycles. The number of rotatable bonds is 3. The molecule has 2 aromatic rings. The van der Waals surface area contributed by atoms with E-state index in [1.807, 2.05) is 0 Å². The number of H-pyrrole nitrogens is 1. The third-order valence-electron chi connectivity index (χ3n) is 1.92. The molecule has 84 valence electrons. The van der Waals surface area contributed by atoms with E-state index in [0.717, 1.165) is 0 Å². The van der Waals surface area contributed by atoms with Gasteiger partial charge in [0.2, 0.25) is 5.95 Å². The first-order valence-electron chi connectivity index (χ1n) is 4.46. The normalized spacial score (nSPS) is 11.2. The van der Waals surface area contributed by atoms with Crippen molar-refractivity contribution in [2.75, 3.05) is 10.5 Å². The van der Waals surface area contributed by atoms with Crippen molar-refractivity contribution >= 4 is 21.7 Å². The van der Waals surface area contributed by atoms with Gasteiger partial charge in [0.05, 0.1) is 4.90 Å². The van der Waals surface area contributed by atoms with Gasteiger partial charge in [-0.15, -0.1) is 0 Å². The van der Waals surface area contributed by atoms with Crippen LogP contribution in [-0.4, -0.2) is 18.4 Å². The van der Waals surface area contributed by atoms with Crippen LogP contribution in [0.4, 0.5) is 11.6 Å². The van der Waals surface area contributed by atoms with Crippen LogP contribution in [0.15, 0.2) is 41.6 Å². The molecule has 0 radical (unpaired) electrons. The highest BCUT2D eigenvalue weighted by Crippen LogP contribution is 2.14. The Labute approximate surface area is 92.6 Å². The zero-order chi connectivity index (χ0) is 11.6. The first-order valence-corrected chi connectivity index (χ1v) is 5.94. The molecule has 6 nitrogen and oxygen atoms in total. The second kappa shape index (κ2) is 3.86. The summed E-state index contributed by atoms with van der Waals surface area (Å²) in [7, 11) is -3.60. The molecule has 0 saturated carbocycles. The van der Waals surface area contributed by atoms with E-state index in [1.54, 1.807) is 0 Å². The van der Waals surface area contributed by atoms with Gasteiger partial charge in [-0.2, -0.15) is 0 Å². The van der Waals surface area contributed by atoms with E-state index in [2.05, 4.69) is 14.7 Å². The van der Waals surface area contributed by atoms with Crippen LogP contribution < -0.4 is 10.5 Å². The van der Waals surface area contributed by atoms with Crippen molar-refractivity contribution in [2.24, 2.45) is 0 Å². The van der Waals surface area contributed by atoms with E-state index in [0.29, 0.717) is 5.69 Å². The number of nitrogens with two attached hydrogens (primary N) is 1. The molecule has 0 aliphatic carbocycles. The Morgan fingerprint density at radius 3 is 2.50 bits per heavy atom. The lowest BCUT2D eigenvalue weighted by Crippen LogP contribution is -2.13. The SMILES string of the molecule is Nc1ccc(S(=O)(=O)Nc2ncc[nH]2)cc1. The predicted molar refractivity (Wildman–Crippen MR) is 60.3 cm³/mol. The Bertz CT molecular complexity index is 560. The van der Waals surface area contributed by atoms with Gasteiger partial charge in [0, 0.05) is 18.1 Å². The van der Waals surface area contributed by atoms with Crippen molar-refractivity contribution in [3.05, 3.63) is 36.7 Å². The first kappa shape index (κ1) is 10.5. The second-order valence-corrected chi connectivity index (χ2v) is 4.79. The van der Waals surface area contributed by atoms with Crippen LogP contribution >= 0.6 is 0 Å². The van der Waals surface area contributed by atoms with Crippen LogP contribution in [0.3, 0.4) is 0 Å². The third-order valence-corrected chi connectivity index (χ3v) is 3.27. The maximum Gasteiger partial charge on any atom is 0.264 e. The van der Waals surface area contributed by atoms with Crippen LogP contribution in [0.1, 0.15) is 0 Å². The molecule has 0 atom stereocenters. The summed E-state index contributed by atoms with van der Waals surface area (Å²) in [6, 6.07) is 5.91. The Hall–Kier alpha value is -2.02. The fraction of sp³-hybridized carbons (Fsp3) is 0. The summed E-state index contributed by atoms with van der Waals surface area (Å²) in [6.45, 7) is 0. The summed E-state index contributed by atoms with van der Waals surface area (Å²) >= 11 is 0. The topological polar surface area (TPSA) is 101 Å². The summed E-state index contributed by atoms with van der Waals surface area (Å²) in [4.78, 5) is 6.56. The van der Waals surface area contributed by atoms with E-state index in [-0.39, 0.29) is 10.8 Å². The average molecular weight is 238 g/mol. The van der Waals surface area contributed by atoms with Crippen molar-refractivity contribution in [1.29, 1.82) is 0 Å². The fourth-order valence-corrected chi connectivity index (χ4v) is 2.13. The van der Waals surface area contributed by atoms with Gasteiger partial charge < -0.3 is 10.7 Å². The van der Waals surface area contributed by atoms with Crippen LogP contribution in [0.25, 0.3) is 0 Å². The van der Waals surface area contributed by atoms with Crippen molar-refractivity contribution in [1.82, 2.24) is 9.97 Å². The van der Waals surface area contributed by atoms with Crippen molar-refractivity contribution in [3.63, 3.8) is 0 Å². The molecule has 1 heterocycles. The minimum absolute atomic E-state index is 0.137. The van der Waals surface area contributed by atoms with Gasteiger partial charge in [-0.05, 0) is 24.3 Å². The largest absolute Gasteiger partial charge is 0.399 e. The molecule has 0 spiro atoms. The van der Waals surface area contributed by atoms with Gasteiger partial charge in [0.25, 0.3) is 10.0 Å². The Morgan fingerprint density at radius 2 is 1.94 bits per heavy atom. The first-order chi connectivity index (χ1) is 7.58. The smallest absolute Gasteiger partial charge is 0.264 e. The number of imidazole rings is 1. The van der Waals surface area contributed by atoms with Crippen LogP contribution in [0.5, 0.6) is 0 Å². The Morgan fingerprint density at radius 1 is 1.25 bits per heavy atom. The van der Waals surface area contributed by atoms with E-state index >= 15 is 0 Å². The van der Waals surface area contributed by atoms with Crippen LogP contribution in [-0.2, 0) is 10.0 Å². The number of benzene rings is 1. The predicted octanol–water partition coefficient (Wildman–Crippen LogP) is 0.793. The minimum Gasteiger partial charge on any atom is -0.399 e. The molecular weight excluding hydrogens is 228 g/mol. The molecule has 0 fully saturated rings. The maximum atomic E-state index is 11.8. The Kier molecular flexibility index (Phi) is 2.53. The Balaban J connectivity index is 2.29. The zero-order valence-electron chi connectivity index (χ0n) is 8.21. The molecule has 1 aromatic carbocycles. The quantitative estimate of drug-likeness (QED) is 0.688. The summed E-state index contributed by atoms with van der Waals surface area (Å²) in [6.07, 6.45) is 2.99. The van der Waals surface area contributed by atoms with Crippen molar-refractivity contribution in [3.8, 4) is 0 Å². The van der Waals surface area contributed by atoms with Gasteiger partial charge in [-0.25, -0.2) is 18.1 Å². The van der Waals surface area contributed by atoms with Crippen LogP contribution in [0.2, 0.25) is 0 Å². The minimum atomic E-state index is -3.60. The molecule has 16 heavy (non-hydrogen) atoms. The highest BCUT2D eigenvalue weighted by molar-refractivity contribution is 7.92. The second-order valence-electron chi connectivity index (χ2n) is 3.11. The number of nitrogen functional groups attached to an aromatic ring is 1. The molecule has 0 saturated heterocycles. The number of sulfonamides is 1. The van der Waals surface area contributed by atoms with Gasteiger partial charge in [-0.1, -0.05) is 0 Å². The monoisotopic (exact) mass is 238 g/mol. The van der Waals surface area contributed by atoms with E-state index in [4.69, 9.17) is 5.73 Å². The molecule has 0 aliphatic heterocycles. The summed E-state index contributed by atoms with van der Waals surface area (Å²) in [5, 5.41) is 0. The number of anilines is 2. The van der Waals surface area contributed by atoms with E-state index in [1.165, 1.54) is 36.7 Å². The molecule has 2 rings (SSSR count). The maximum absolute atomic E-state index is 11.8. The molecule has 4 N–H and O–H groups in total. The lowest BCUT2D eigenvalue weighted by atomic mass is 10.3. The summed E-state index contributed by atoms with van der Waals surface area (Å²) in [5.74, 6) is 0.178. The number of nitrogens with zero attached hydrogens (tertiary/aromatic N) is 1. The highest BCUT2D eigenvalue weighted by Gasteiger charge is 2.14. The third kappa shape index (κ3) is 2.14. The molecule has 0 amide bonds. The molecule has 0 aliphatic rings. The fourth-order valence-electron chi connectivity index (χ4n) is 1.15. The van der Waals surface area contributed by atoms with Gasteiger partial charge in [-0.3, -0.25) is 0 Å². The van der Waals surface area contributed by atoms with Crippen molar-refractivity contribution in [2.45, 2.75) is 4.90 Å². The van der Waals surface area contributed by atoms with Crippen LogP contribution in [0, 0.1) is 0 Å². The van der Waals surface area contributed by atoms with E-state index in [9.17, 15) is 8.42 Å². The average Bonchev–Trinajstić information content (AvgIpc) is 2.70. The summed E-state index contributed by atoms with van der Waals surface area (Å²) in [5.41, 5.74) is 5.98. The molecule has 7 heteroatoms. The van der Waals surface area contributed by atoms with E-state index < -0.39 is 10.0 Å². The van der Waals surface area contributed by atoms with Crippen molar-refractivity contribution < 1.29 is 8.42 Å². The number of hydrogen-bond donors (Lipinski definition) is 3. The lowest BCUT2D eigenvalue weighted by molar-refractivity contribution is 0.601. The van der Waals surface area contributed by atoms with Gasteiger partial charge in [0.15, 0.2) is 0 Å². The van der Waals surface area contributed by atoms with Gasteiger partial charge in [0.1, 0.15) is 0 Å². The number of aromatic amines is 1. The summed E-state index contributed by atoms with van der Waals surface area (Å²) < 4.78 is 25.9. The molecular formula is C9H10N4O2S. The standard InChI is InChI=1S/C9H10N4O2S/c10-7-1-3-8(4-2-7)16(14,15)13-9-11-5-6-12-9/h1-6H,10H2,(H2,11,12,13). The number of nitrogens with one attached hydrogen (secondary N) is 2. The van der Waals surface area contributed by atoms with Gasteiger partial charge >= 0.3 is 0 Å².